The van der Waals surface area contributed by atoms with E-state index in [9.17, 15) is 4.79 Å². The molecule has 3 rings (SSSR count). The van der Waals surface area contributed by atoms with Crippen LogP contribution in [0.3, 0.4) is 0 Å². The van der Waals surface area contributed by atoms with Crippen LogP contribution in [0, 0.1) is 0 Å². The van der Waals surface area contributed by atoms with E-state index in [0.29, 0.717) is 17.4 Å². The second-order valence-electron chi connectivity index (χ2n) is 4.66. The fourth-order valence-electron chi connectivity index (χ4n) is 2.30. The van der Waals surface area contributed by atoms with Crippen molar-refractivity contribution in [3.8, 4) is 0 Å². The zero-order valence-electron chi connectivity index (χ0n) is 11.0. The van der Waals surface area contributed by atoms with Gasteiger partial charge in [0.2, 0.25) is 0 Å². The topological polar surface area (TPSA) is 34.9 Å². The monoisotopic (exact) mass is 284 g/mol. The zero-order valence-corrected chi connectivity index (χ0v) is 11.8. The predicted molar refractivity (Wildman–Crippen MR) is 80.3 cm³/mol. The van der Waals surface area contributed by atoms with Gasteiger partial charge in [-0.25, -0.2) is 4.98 Å². The lowest BCUT2D eigenvalue weighted by atomic mass is 10.2. The highest BCUT2D eigenvalue weighted by atomic mass is 35.5. The first kappa shape index (κ1) is 12.9. The molecular formula is C16H13ClN2O. The maximum Gasteiger partial charge on any atom is 0.195 e. The van der Waals surface area contributed by atoms with Crippen molar-refractivity contribution in [2.45, 2.75) is 13.5 Å². The quantitative estimate of drug-likeness (QED) is 0.683. The van der Waals surface area contributed by atoms with Gasteiger partial charge in [0, 0.05) is 11.9 Å². The summed E-state index contributed by atoms with van der Waals surface area (Å²) in [5.41, 5.74) is 2.74. The number of imidazole rings is 1. The number of fused-ring (bicyclic) bond motifs is 1. The van der Waals surface area contributed by atoms with Crippen molar-refractivity contribution in [3.05, 3.63) is 64.9 Å². The Balaban J connectivity index is 2.17. The Morgan fingerprint density at radius 1 is 1.15 bits per heavy atom. The predicted octanol–water partition coefficient (Wildman–Crippen LogP) is 3.94. The van der Waals surface area contributed by atoms with Crippen LogP contribution in [0.2, 0.25) is 5.02 Å². The van der Waals surface area contributed by atoms with Crippen LogP contribution in [-0.2, 0) is 6.54 Å². The number of ketones is 1. The van der Waals surface area contributed by atoms with Gasteiger partial charge in [-0.05, 0) is 23.8 Å². The van der Waals surface area contributed by atoms with Gasteiger partial charge < -0.3 is 4.57 Å². The lowest BCUT2D eigenvalue weighted by Gasteiger charge is -2.09. The number of carbonyl (C=O) groups excluding carboxylic acids is 1. The minimum absolute atomic E-state index is 0.0479. The van der Waals surface area contributed by atoms with Crippen LogP contribution >= 0.6 is 11.6 Å². The third-order valence-electron chi connectivity index (χ3n) is 3.26. The third-order valence-corrected chi connectivity index (χ3v) is 3.62. The lowest BCUT2D eigenvalue weighted by Crippen LogP contribution is -2.09. The van der Waals surface area contributed by atoms with Crippen LogP contribution in [0.15, 0.2) is 48.5 Å². The number of benzene rings is 2. The van der Waals surface area contributed by atoms with Crippen molar-refractivity contribution < 1.29 is 4.79 Å². The van der Waals surface area contributed by atoms with Gasteiger partial charge in [0.25, 0.3) is 0 Å². The summed E-state index contributed by atoms with van der Waals surface area (Å²) < 4.78 is 1.92. The summed E-state index contributed by atoms with van der Waals surface area (Å²) in [6, 6.07) is 15.4. The Morgan fingerprint density at radius 3 is 2.60 bits per heavy atom. The molecule has 0 aliphatic rings. The highest BCUT2D eigenvalue weighted by Crippen LogP contribution is 2.21. The molecule has 0 radical (unpaired) electrons. The maximum atomic E-state index is 11.8. The lowest BCUT2D eigenvalue weighted by molar-refractivity contribution is 0.100. The number of halogens is 1. The van der Waals surface area contributed by atoms with E-state index in [4.69, 9.17) is 11.6 Å². The van der Waals surface area contributed by atoms with Gasteiger partial charge in [0.15, 0.2) is 11.6 Å². The fourth-order valence-corrected chi connectivity index (χ4v) is 2.50. The normalized spacial score (nSPS) is 10.9. The minimum Gasteiger partial charge on any atom is -0.317 e. The van der Waals surface area contributed by atoms with Crippen molar-refractivity contribution in [3.63, 3.8) is 0 Å². The molecule has 3 aromatic rings. The van der Waals surface area contributed by atoms with Crippen molar-refractivity contribution >= 4 is 28.4 Å². The average Bonchev–Trinajstić information content (AvgIpc) is 2.81. The van der Waals surface area contributed by atoms with Gasteiger partial charge in [0.05, 0.1) is 17.6 Å². The number of hydrogen-bond donors (Lipinski definition) is 0. The van der Waals surface area contributed by atoms with Crippen molar-refractivity contribution in [1.82, 2.24) is 9.55 Å². The molecule has 0 amide bonds. The van der Waals surface area contributed by atoms with Gasteiger partial charge in [-0.3, -0.25) is 4.79 Å². The van der Waals surface area contributed by atoms with Gasteiger partial charge in [-0.15, -0.1) is 0 Å². The van der Waals surface area contributed by atoms with Crippen LogP contribution in [-0.4, -0.2) is 15.3 Å². The molecule has 0 unspecified atom stereocenters. The summed E-state index contributed by atoms with van der Waals surface area (Å²) in [5, 5.41) is 0.694. The van der Waals surface area contributed by atoms with E-state index in [-0.39, 0.29) is 5.78 Å². The Hall–Kier alpha value is -2.13. The number of nitrogens with zero attached hydrogens (tertiary/aromatic N) is 2. The largest absolute Gasteiger partial charge is 0.317 e. The second-order valence-corrected chi connectivity index (χ2v) is 5.07. The Labute approximate surface area is 121 Å². The number of Topliss-reactive ketones (excluding diaryl/α,β-unsaturated/α-hetero) is 1. The van der Waals surface area contributed by atoms with Crippen LogP contribution in [0.5, 0.6) is 0 Å². The van der Waals surface area contributed by atoms with Gasteiger partial charge in [-0.2, -0.15) is 0 Å². The molecule has 1 aromatic heterocycles. The van der Waals surface area contributed by atoms with Crippen molar-refractivity contribution in [2.24, 2.45) is 0 Å². The SMILES string of the molecule is CC(=O)c1nc2ccccc2n1Cc1ccccc1Cl. The third kappa shape index (κ3) is 2.21. The highest BCUT2D eigenvalue weighted by molar-refractivity contribution is 6.31. The van der Waals surface area contributed by atoms with Crippen LogP contribution < -0.4 is 0 Å². The molecule has 1 heterocycles. The van der Waals surface area contributed by atoms with Gasteiger partial charge in [-0.1, -0.05) is 41.9 Å². The van der Waals surface area contributed by atoms with E-state index in [2.05, 4.69) is 4.98 Å². The molecule has 3 nitrogen and oxygen atoms in total. The summed E-state index contributed by atoms with van der Waals surface area (Å²) in [6.07, 6.45) is 0. The summed E-state index contributed by atoms with van der Waals surface area (Å²) in [6.45, 7) is 2.07. The van der Waals surface area contributed by atoms with E-state index in [1.807, 2.05) is 53.1 Å². The van der Waals surface area contributed by atoms with Crippen LogP contribution in [0.4, 0.5) is 0 Å². The molecule has 0 aliphatic carbocycles. The van der Waals surface area contributed by atoms with E-state index >= 15 is 0 Å². The summed E-state index contributed by atoms with van der Waals surface area (Å²) in [7, 11) is 0. The molecule has 4 heteroatoms. The molecule has 0 saturated carbocycles. The molecule has 0 bridgehead atoms. The number of hydrogen-bond acceptors (Lipinski definition) is 2. The number of carbonyl (C=O) groups is 1. The second kappa shape index (κ2) is 5.10. The molecule has 2 aromatic carbocycles. The van der Waals surface area contributed by atoms with Crippen molar-refractivity contribution in [1.29, 1.82) is 0 Å². The van der Waals surface area contributed by atoms with Crippen molar-refractivity contribution in [2.75, 3.05) is 0 Å². The molecule has 0 spiro atoms. The number of para-hydroxylation sites is 2. The van der Waals surface area contributed by atoms with E-state index in [1.54, 1.807) is 0 Å². The van der Waals surface area contributed by atoms with Crippen LogP contribution in [0.1, 0.15) is 23.1 Å². The first-order chi connectivity index (χ1) is 9.66. The summed E-state index contributed by atoms with van der Waals surface area (Å²) in [4.78, 5) is 16.2. The van der Waals surface area contributed by atoms with Crippen LogP contribution in [0.25, 0.3) is 11.0 Å². The smallest absolute Gasteiger partial charge is 0.195 e. The molecule has 0 aliphatic heterocycles. The molecule has 100 valence electrons. The zero-order chi connectivity index (χ0) is 14.1. The minimum atomic E-state index is -0.0479. The molecule has 0 atom stereocenters. The van der Waals surface area contributed by atoms with E-state index in [0.717, 1.165) is 16.6 Å². The maximum absolute atomic E-state index is 11.8. The Kier molecular flexibility index (Phi) is 3.28. The summed E-state index contributed by atoms with van der Waals surface area (Å²) in [5.74, 6) is 0.416. The molecule has 0 fully saturated rings. The Morgan fingerprint density at radius 2 is 1.85 bits per heavy atom. The standard InChI is InChI=1S/C16H13ClN2O/c1-11(20)16-18-14-8-4-5-9-15(14)19(16)10-12-6-2-3-7-13(12)17/h2-9H,10H2,1H3. The molecule has 0 N–H and O–H groups in total. The Bertz CT molecular complexity index is 792. The highest BCUT2D eigenvalue weighted by Gasteiger charge is 2.14. The van der Waals surface area contributed by atoms with E-state index in [1.165, 1.54) is 6.92 Å². The summed E-state index contributed by atoms with van der Waals surface area (Å²) >= 11 is 6.21. The first-order valence-electron chi connectivity index (χ1n) is 6.36. The van der Waals surface area contributed by atoms with Gasteiger partial charge in [0.1, 0.15) is 0 Å². The number of rotatable bonds is 3. The molecule has 20 heavy (non-hydrogen) atoms. The average molecular weight is 285 g/mol. The first-order valence-corrected chi connectivity index (χ1v) is 6.74. The molecular weight excluding hydrogens is 272 g/mol. The fraction of sp³-hybridized carbons (Fsp3) is 0.125. The van der Waals surface area contributed by atoms with Gasteiger partial charge >= 0.3 is 0 Å². The molecule has 0 saturated heterocycles. The number of aromatic nitrogens is 2. The van der Waals surface area contributed by atoms with E-state index < -0.39 is 0 Å².